The summed E-state index contributed by atoms with van der Waals surface area (Å²) in [6, 6.07) is 0. The van der Waals surface area contributed by atoms with Gasteiger partial charge in [-0.05, 0) is 51.9 Å². The molecule has 1 aliphatic heterocycles. The minimum Gasteiger partial charge on any atom is -0.361 e. The van der Waals surface area contributed by atoms with E-state index in [2.05, 4.69) is 36.1 Å². The monoisotopic (exact) mass is 320 g/mol. The van der Waals surface area contributed by atoms with Gasteiger partial charge in [-0.3, -0.25) is 4.99 Å². The van der Waals surface area contributed by atoms with Crippen LogP contribution in [0.25, 0.3) is 0 Å². The first kappa shape index (κ1) is 17.8. The maximum absolute atomic E-state index is 5.23. The maximum Gasteiger partial charge on any atom is 0.193 e. The molecule has 0 bridgehead atoms. The molecule has 0 radical (unpaired) electrons. The fourth-order valence-corrected chi connectivity index (χ4v) is 3.44. The molecule has 1 fully saturated rings. The number of aliphatic imine (C=N–C) groups is 1. The molecule has 1 aliphatic rings. The van der Waals surface area contributed by atoms with Crippen molar-refractivity contribution in [2.45, 2.75) is 53.9 Å². The van der Waals surface area contributed by atoms with Gasteiger partial charge in [-0.2, -0.15) is 0 Å². The number of rotatable bonds is 6. The zero-order valence-corrected chi connectivity index (χ0v) is 15.4. The van der Waals surface area contributed by atoms with E-state index in [-0.39, 0.29) is 0 Å². The fraction of sp³-hybridized carbons (Fsp3) is 0.778. The third-order valence-corrected chi connectivity index (χ3v) is 4.53. The highest BCUT2D eigenvalue weighted by Crippen LogP contribution is 2.23. The summed E-state index contributed by atoms with van der Waals surface area (Å²) in [7, 11) is 0. The quantitative estimate of drug-likeness (QED) is 0.646. The van der Waals surface area contributed by atoms with Gasteiger partial charge in [-0.1, -0.05) is 19.0 Å². The molecule has 1 aromatic rings. The van der Waals surface area contributed by atoms with Crippen LogP contribution in [0.4, 0.5) is 0 Å². The summed E-state index contributed by atoms with van der Waals surface area (Å²) in [5, 5.41) is 7.46. The number of aryl methyl sites for hydroxylation is 2. The van der Waals surface area contributed by atoms with Crippen LogP contribution in [0.2, 0.25) is 0 Å². The average molecular weight is 320 g/mol. The SMILES string of the molecule is CCNC(=NCCc1c(C)noc1C)N1CCC(CC(C)C)C1. The lowest BCUT2D eigenvalue weighted by Crippen LogP contribution is -2.40. The van der Waals surface area contributed by atoms with Crippen molar-refractivity contribution in [2.75, 3.05) is 26.2 Å². The van der Waals surface area contributed by atoms with Gasteiger partial charge in [0.1, 0.15) is 5.76 Å². The molecule has 5 heteroatoms. The lowest BCUT2D eigenvalue weighted by Gasteiger charge is -2.22. The van der Waals surface area contributed by atoms with Gasteiger partial charge in [0.2, 0.25) is 0 Å². The fourth-order valence-electron chi connectivity index (χ4n) is 3.44. The van der Waals surface area contributed by atoms with Crippen LogP contribution >= 0.6 is 0 Å². The van der Waals surface area contributed by atoms with Crippen LogP contribution in [0, 0.1) is 25.7 Å². The van der Waals surface area contributed by atoms with E-state index in [0.29, 0.717) is 0 Å². The molecule has 23 heavy (non-hydrogen) atoms. The van der Waals surface area contributed by atoms with E-state index in [4.69, 9.17) is 9.52 Å². The third-order valence-electron chi connectivity index (χ3n) is 4.53. The van der Waals surface area contributed by atoms with Crippen LogP contribution in [0.15, 0.2) is 9.52 Å². The smallest absolute Gasteiger partial charge is 0.193 e. The molecule has 5 nitrogen and oxygen atoms in total. The van der Waals surface area contributed by atoms with Crippen molar-refractivity contribution < 1.29 is 4.52 Å². The van der Waals surface area contributed by atoms with E-state index in [1.54, 1.807) is 0 Å². The van der Waals surface area contributed by atoms with Crippen molar-refractivity contribution in [1.82, 2.24) is 15.4 Å². The van der Waals surface area contributed by atoms with Crippen LogP contribution in [0.5, 0.6) is 0 Å². The third kappa shape index (κ3) is 4.98. The second-order valence-electron chi connectivity index (χ2n) is 7.02. The summed E-state index contributed by atoms with van der Waals surface area (Å²) in [6.45, 7) is 14.7. The van der Waals surface area contributed by atoms with Crippen molar-refractivity contribution in [3.63, 3.8) is 0 Å². The molecule has 2 rings (SSSR count). The van der Waals surface area contributed by atoms with Gasteiger partial charge in [0.05, 0.1) is 5.69 Å². The number of nitrogens with one attached hydrogen (secondary N) is 1. The Morgan fingerprint density at radius 2 is 2.22 bits per heavy atom. The van der Waals surface area contributed by atoms with Gasteiger partial charge >= 0.3 is 0 Å². The molecule has 0 aliphatic carbocycles. The summed E-state index contributed by atoms with van der Waals surface area (Å²) >= 11 is 0. The van der Waals surface area contributed by atoms with Gasteiger partial charge in [0, 0.05) is 31.7 Å². The van der Waals surface area contributed by atoms with Crippen LogP contribution in [-0.2, 0) is 6.42 Å². The Balaban J connectivity index is 1.93. The first-order valence-electron chi connectivity index (χ1n) is 8.96. The standard InChI is InChI=1S/C18H32N4O/c1-6-19-18(22-10-8-16(12-22)11-13(2)3)20-9-7-17-14(4)21-23-15(17)5/h13,16H,6-12H2,1-5H3,(H,19,20). The Labute approximate surface area is 140 Å². The highest BCUT2D eigenvalue weighted by molar-refractivity contribution is 5.80. The molecule has 130 valence electrons. The van der Waals surface area contributed by atoms with Gasteiger partial charge in [0.15, 0.2) is 5.96 Å². The predicted octanol–water partition coefficient (Wildman–Crippen LogP) is 3.17. The Bertz CT molecular complexity index is 502. The number of nitrogens with zero attached hydrogens (tertiary/aromatic N) is 3. The number of aromatic nitrogens is 1. The normalized spacial score (nSPS) is 19.0. The van der Waals surface area contributed by atoms with Crippen molar-refractivity contribution >= 4 is 5.96 Å². The summed E-state index contributed by atoms with van der Waals surface area (Å²) < 4.78 is 5.23. The summed E-state index contributed by atoms with van der Waals surface area (Å²) in [4.78, 5) is 7.25. The summed E-state index contributed by atoms with van der Waals surface area (Å²) in [5.74, 6) is 3.56. The summed E-state index contributed by atoms with van der Waals surface area (Å²) in [6.07, 6.45) is 3.49. The molecule has 1 unspecified atom stereocenters. The van der Waals surface area contributed by atoms with Gasteiger partial charge in [0.25, 0.3) is 0 Å². The number of likely N-dealkylation sites (tertiary alicyclic amines) is 1. The van der Waals surface area contributed by atoms with Crippen LogP contribution in [0.1, 0.15) is 50.6 Å². The van der Waals surface area contributed by atoms with E-state index >= 15 is 0 Å². The minimum absolute atomic E-state index is 0.774. The predicted molar refractivity (Wildman–Crippen MR) is 94.8 cm³/mol. The molecule has 1 saturated heterocycles. The van der Waals surface area contributed by atoms with Crippen molar-refractivity contribution in [3.8, 4) is 0 Å². The van der Waals surface area contributed by atoms with E-state index in [1.165, 1.54) is 18.4 Å². The van der Waals surface area contributed by atoms with E-state index in [0.717, 1.165) is 61.8 Å². The first-order chi connectivity index (χ1) is 11.0. The van der Waals surface area contributed by atoms with Gasteiger partial charge in [-0.15, -0.1) is 0 Å². The number of guanidine groups is 1. The molecule has 1 N–H and O–H groups in total. The highest BCUT2D eigenvalue weighted by Gasteiger charge is 2.25. The zero-order valence-electron chi connectivity index (χ0n) is 15.4. The van der Waals surface area contributed by atoms with E-state index < -0.39 is 0 Å². The van der Waals surface area contributed by atoms with E-state index in [9.17, 15) is 0 Å². The van der Waals surface area contributed by atoms with Crippen molar-refractivity contribution in [3.05, 3.63) is 17.0 Å². The second-order valence-corrected chi connectivity index (χ2v) is 7.02. The minimum atomic E-state index is 0.774. The lowest BCUT2D eigenvalue weighted by molar-refractivity contribution is 0.392. The average Bonchev–Trinajstić information content (AvgIpc) is 3.06. The molecule has 0 spiro atoms. The Morgan fingerprint density at radius 1 is 1.43 bits per heavy atom. The van der Waals surface area contributed by atoms with Gasteiger partial charge in [-0.25, -0.2) is 0 Å². The van der Waals surface area contributed by atoms with Crippen molar-refractivity contribution in [2.24, 2.45) is 16.8 Å². The molecule has 2 heterocycles. The maximum atomic E-state index is 5.23. The Morgan fingerprint density at radius 3 is 2.83 bits per heavy atom. The van der Waals surface area contributed by atoms with Gasteiger partial charge < -0.3 is 14.7 Å². The number of hydrogen-bond acceptors (Lipinski definition) is 3. The molecular formula is C18H32N4O. The highest BCUT2D eigenvalue weighted by atomic mass is 16.5. The lowest BCUT2D eigenvalue weighted by atomic mass is 9.97. The molecule has 1 atom stereocenters. The second kappa shape index (κ2) is 8.37. The number of hydrogen-bond donors (Lipinski definition) is 1. The summed E-state index contributed by atoms with van der Waals surface area (Å²) in [5.41, 5.74) is 2.18. The Hall–Kier alpha value is -1.52. The van der Waals surface area contributed by atoms with E-state index in [1.807, 2.05) is 13.8 Å². The topological polar surface area (TPSA) is 53.7 Å². The Kier molecular flexibility index (Phi) is 6.48. The molecular weight excluding hydrogens is 288 g/mol. The first-order valence-corrected chi connectivity index (χ1v) is 8.96. The molecule has 0 saturated carbocycles. The van der Waals surface area contributed by atoms with Crippen LogP contribution in [0.3, 0.4) is 0 Å². The molecule has 1 aromatic heterocycles. The molecule has 0 amide bonds. The van der Waals surface area contributed by atoms with Crippen LogP contribution < -0.4 is 5.32 Å². The van der Waals surface area contributed by atoms with Crippen LogP contribution in [-0.4, -0.2) is 42.2 Å². The largest absolute Gasteiger partial charge is 0.361 e. The zero-order chi connectivity index (χ0) is 16.8. The molecule has 0 aromatic carbocycles. The van der Waals surface area contributed by atoms with Crippen molar-refractivity contribution in [1.29, 1.82) is 0 Å².